The highest BCUT2D eigenvalue weighted by Gasteiger charge is 2.22. The summed E-state index contributed by atoms with van der Waals surface area (Å²) < 4.78 is 0. The zero-order chi connectivity index (χ0) is 20.5. The smallest absolute Gasteiger partial charge is 0.220 e. The van der Waals surface area contributed by atoms with Crippen LogP contribution in [0.25, 0.3) is 10.9 Å². The Labute approximate surface area is 196 Å². The summed E-state index contributed by atoms with van der Waals surface area (Å²) in [5.41, 5.74) is 0.994. The van der Waals surface area contributed by atoms with Crippen LogP contribution in [-0.2, 0) is 4.79 Å². The Morgan fingerprint density at radius 2 is 1.97 bits per heavy atom. The van der Waals surface area contributed by atoms with Crippen molar-refractivity contribution in [1.29, 1.82) is 0 Å². The molecule has 0 saturated carbocycles. The van der Waals surface area contributed by atoms with Gasteiger partial charge in [0.05, 0.1) is 12.1 Å². The summed E-state index contributed by atoms with van der Waals surface area (Å²) in [7, 11) is 1.70. The fourth-order valence-corrected chi connectivity index (χ4v) is 3.65. The minimum Gasteiger partial charge on any atom is -0.368 e. The molecule has 164 valence electrons. The number of hydrogen-bond acceptors (Lipinski definition) is 4. The zero-order valence-electron chi connectivity index (χ0n) is 17.9. The molecule has 0 atom stereocenters. The van der Waals surface area contributed by atoms with Crippen LogP contribution in [-0.4, -0.2) is 61.5 Å². The average molecular weight is 524 g/mol. The van der Waals surface area contributed by atoms with Gasteiger partial charge in [-0.25, -0.2) is 4.98 Å². The summed E-state index contributed by atoms with van der Waals surface area (Å²) in [6, 6.07) is 12.2. The van der Waals surface area contributed by atoms with E-state index in [4.69, 9.17) is 4.99 Å². The second-order valence-corrected chi connectivity index (χ2v) is 7.36. The number of aliphatic imine (C=N–C) groups is 1. The number of nitrogens with one attached hydrogen (secondary N) is 3. The van der Waals surface area contributed by atoms with Gasteiger partial charge in [-0.05, 0) is 43.9 Å². The number of aromatic nitrogens is 1. The van der Waals surface area contributed by atoms with E-state index in [0.717, 1.165) is 61.7 Å². The number of carbonyl (C=O) groups excluding carboxylic acids is 1. The number of piperidine rings is 1. The molecule has 1 amide bonds. The first-order valence-corrected chi connectivity index (χ1v) is 10.5. The second kappa shape index (κ2) is 12.6. The van der Waals surface area contributed by atoms with Crippen molar-refractivity contribution in [3.8, 4) is 0 Å². The Morgan fingerprint density at radius 1 is 1.20 bits per heavy atom. The van der Waals surface area contributed by atoms with E-state index in [0.29, 0.717) is 18.9 Å². The maximum absolute atomic E-state index is 11.6. The highest BCUT2D eigenvalue weighted by atomic mass is 127. The lowest BCUT2D eigenvalue weighted by atomic mass is 9.93. The van der Waals surface area contributed by atoms with Crippen LogP contribution in [0.3, 0.4) is 0 Å². The Bertz CT molecular complexity index is 835. The van der Waals surface area contributed by atoms with Gasteiger partial charge >= 0.3 is 0 Å². The van der Waals surface area contributed by atoms with Crippen LogP contribution >= 0.6 is 24.0 Å². The van der Waals surface area contributed by atoms with E-state index in [9.17, 15) is 4.79 Å². The average Bonchev–Trinajstić information content (AvgIpc) is 2.76. The van der Waals surface area contributed by atoms with Gasteiger partial charge in [-0.2, -0.15) is 0 Å². The third-order valence-electron chi connectivity index (χ3n) is 5.28. The van der Waals surface area contributed by atoms with Crippen molar-refractivity contribution >= 4 is 52.6 Å². The summed E-state index contributed by atoms with van der Waals surface area (Å²) in [6.45, 7) is 6.21. The molecule has 1 saturated heterocycles. The first kappa shape index (κ1) is 24.2. The molecule has 2 heterocycles. The van der Waals surface area contributed by atoms with Crippen LogP contribution in [0.5, 0.6) is 0 Å². The van der Waals surface area contributed by atoms with E-state index in [1.54, 1.807) is 7.05 Å². The van der Waals surface area contributed by atoms with Gasteiger partial charge in [0, 0.05) is 45.0 Å². The van der Waals surface area contributed by atoms with Crippen molar-refractivity contribution in [3.05, 3.63) is 36.4 Å². The molecular weight excluding hydrogens is 491 g/mol. The lowest BCUT2D eigenvalue weighted by molar-refractivity contribution is -0.121. The van der Waals surface area contributed by atoms with Gasteiger partial charge in [-0.1, -0.05) is 18.2 Å². The zero-order valence-corrected chi connectivity index (χ0v) is 20.2. The highest BCUT2D eigenvalue weighted by Crippen LogP contribution is 2.20. The topological polar surface area (TPSA) is 81.7 Å². The lowest BCUT2D eigenvalue weighted by Gasteiger charge is -2.34. The number of halogens is 1. The summed E-state index contributed by atoms with van der Waals surface area (Å²) >= 11 is 0. The summed E-state index contributed by atoms with van der Waals surface area (Å²) in [6.07, 6.45) is 2.68. The molecule has 0 spiro atoms. The Balaban J connectivity index is 0.00000320. The molecule has 7 nitrogen and oxygen atoms in total. The first-order chi connectivity index (χ1) is 14.2. The van der Waals surface area contributed by atoms with Crippen molar-refractivity contribution in [2.45, 2.75) is 26.2 Å². The Hall–Kier alpha value is -2.10. The van der Waals surface area contributed by atoms with Crippen LogP contribution < -0.4 is 16.0 Å². The monoisotopic (exact) mass is 524 g/mol. The number of amides is 1. The third-order valence-corrected chi connectivity index (χ3v) is 5.28. The molecule has 0 unspecified atom stereocenters. The van der Waals surface area contributed by atoms with Crippen LogP contribution in [0.2, 0.25) is 0 Å². The van der Waals surface area contributed by atoms with E-state index in [1.165, 1.54) is 0 Å². The van der Waals surface area contributed by atoms with Crippen molar-refractivity contribution < 1.29 is 4.79 Å². The molecule has 3 rings (SSSR count). The summed E-state index contributed by atoms with van der Waals surface area (Å²) in [5.74, 6) is 2.44. The molecule has 1 fully saturated rings. The number of rotatable bonds is 7. The number of hydrogen-bond donors (Lipinski definition) is 3. The highest BCUT2D eigenvalue weighted by molar-refractivity contribution is 14.0. The maximum Gasteiger partial charge on any atom is 0.220 e. The molecule has 0 radical (unpaired) electrons. The number of anilines is 1. The molecule has 2 aromatic rings. The number of likely N-dealkylation sites (tertiary alicyclic amines) is 1. The Kier molecular flexibility index (Phi) is 10.1. The van der Waals surface area contributed by atoms with Gasteiger partial charge < -0.3 is 20.9 Å². The number of pyridine rings is 1. The Morgan fingerprint density at radius 3 is 2.70 bits per heavy atom. The minimum absolute atomic E-state index is 0. The minimum atomic E-state index is 0. The molecule has 3 N–H and O–H groups in total. The van der Waals surface area contributed by atoms with E-state index >= 15 is 0 Å². The quantitative estimate of drug-likeness (QED) is 0.225. The van der Waals surface area contributed by atoms with Crippen molar-refractivity contribution in [3.63, 3.8) is 0 Å². The van der Waals surface area contributed by atoms with E-state index in [1.807, 2.05) is 24.3 Å². The second-order valence-electron chi connectivity index (χ2n) is 7.36. The van der Waals surface area contributed by atoms with Gasteiger partial charge in [-0.3, -0.25) is 9.79 Å². The van der Waals surface area contributed by atoms with E-state index < -0.39 is 0 Å². The molecule has 0 aliphatic carbocycles. The predicted molar refractivity (Wildman–Crippen MR) is 135 cm³/mol. The molecule has 1 aromatic carbocycles. The van der Waals surface area contributed by atoms with E-state index in [-0.39, 0.29) is 29.9 Å². The molecule has 8 heteroatoms. The van der Waals surface area contributed by atoms with Crippen molar-refractivity contribution in [1.82, 2.24) is 20.5 Å². The molecular formula is C22H33IN6O. The van der Waals surface area contributed by atoms with Gasteiger partial charge in [0.15, 0.2) is 5.96 Å². The predicted octanol–water partition coefficient (Wildman–Crippen LogP) is 3.08. The van der Waals surface area contributed by atoms with Gasteiger partial charge in [-0.15, -0.1) is 24.0 Å². The summed E-state index contributed by atoms with van der Waals surface area (Å²) in [4.78, 5) is 23.3. The molecule has 0 bridgehead atoms. The van der Waals surface area contributed by atoms with E-state index in [2.05, 4.69) is 44.9 Å². The largest absolute Gasteiger partial charge is 0.368 e. The fraction of sp³-hybridized carbons (Fsp3) is 0.500. The summed E-state index contributed by atoms with van der Waals surface area (Å²) in [5, 5.41) is 10.6. The number of carbonyl (C=O) groups is 1. The number of fused-ring (bicyclic) bond motifs is 1. The van der Waals surface area contributed by atoms with Crippen molar-refractivity contribution in [2.75, 3.05) is 45.1 Å². The molecule has 1 aliphatic heterocycles. The van der Waals surface area contributed by atoms with Crippen LogP contribution in [0.1, 0.15) is 26.2 Å². The molecule has 1 aliphatic rings. The van der Waals surface area contributed by atoms with Crippen molar-refractivity contribution in [2.24, 2.45) is 10.9 Å². The van der Waals surface area contributed by atoms with Gasteiger partial charge in [0.1, 0.15) is 5.82 Å². The SMILES string of the molecule is CCNC(=NCCNc1ccc2ccccc2n1)N1CCC(CC(=O)NC)CC1.I. The first-order valence-electron chi connectivity index (χ1n) is 10.5. The van der Waals surface area contributed by atoms with Gasteiger partial charge in [0.2, 0.25) is 5.91 Å². The van der Waals surface area contributed by atoms with Crippen LogP contribution in [0.15, 0.2) is 41.4 Å². The number of benzene rings is 1. The normalized spacial score (nSPS) is 14.9. The third kappa shape index (κ3) is 7.00. The number of para-hydroxylation sites is 1. The lowest BCUT2D eigenvalue weighted by Crippen LogP contribution is -2.46. The van der Waals surface area contributed by atoms with Crippen LogP contribution in [0.4, 0.5) is 5.82 Å². The standard InChI is InChI=1S/C22H32N6O.HI/c1-3-24-22(28-14-10-17(11-15-28)16-21(29)23-2)26-13-12-25-20-9-8-18-6-4-5-7-19(18)27-20;/h4-9,17H,3,10-16H2,1-2H3,(H,23,29)(H,24,26)(H,25,27);1H. The number of guanidine groups is 1. The maximum atomic E-state index is 11.6. The fourth-order valence-electron chi connectivity index (χ4n) is 3.65. The van der Waals surface area contributed by atoms with Gasteiger partial charge in [0.25, 0.3) is 0 Å². The number of nitrogens with zero attached hydrogens (tertiary/aromatic N) is 3. The molecule has 30 heavy (non-hydrogen) atoms. The molecule has 1 aromatic heterocycles. The van der Waals surface area contributed by atoms with Crippen LogP contribution in [0, 0.1) is 5.92 Å².